The van der Waals surface area contributed by atoms with Crippen molar-refractivity contribution in [2.75, 3.05) is 58.0 Å². The number of anilines is 2. The van der Waals surface area contributed by atoms with Crippen LogP contribution in [0.3, 0.4) is 0 Å². The number of likely N-dealkylation sites (tertiary alicyclic amines) is 1. The second-order valence-electron chi connectivity index (χ2n) is 13.5. The van der Waals surface area contributed by atoms with Crippen molar-refractivity contribution in [2.24, 2.45) is 23.0 Å². The number of phenolic OH excluding ortho intramolecular Hbond substituents is 1. The highest BCUT2D eigenvalue weighted by atomic mass is 16.3. The minimum Gasteiger partial charge on any atom is -0.508 e. The zero-order chi connectivity index (χ0) is 32.0. The van der Waals surface area contributed by atoms with E-state index in [9.17, 15) is 39.6 Å². The first-order chi connectivity index (χ1) is 20.6. The maximum atomic E-state index is 14.1. The molecule has 236 valence electrons. The lowest BCUT2D eigenvalue weighted by Gasteiger charge is -2.55. The fourth-order valence-corrected chi connectivity index (χ4v) is 8.19. The number of benzene rings is 1. The van der Waals surface area contributed by atoms with Crippen molar-refractivity contribution in [2.45, 2.75) is 43.7 Å². The predicted octanol–water partition coefficient (Wildman–Crippen LogP) is 0.454. The molecule has 6 rings (SSSR count). The lowest BCUT2D eigenvalue weighted by Crippen LogP contribution is -2.65. The molecule has 1 saturated heterocycles. The van der Waals surface area contributed by atoms with Gasteiger partial charge in [-0.15, -0.1) is 0 Å². The van der Waals surface area contributed by atoms with Gasteiger partial charge in [-0.2, -0.15) is 0 Å². The van der Waals surface area contributed by atoms with E-state index in [1.165, 1.54) is 24.2 Å². The number of carbonyl (C=O) groups excluding carboxylic acids is 4. The smallest absolute Gasteiger partial charge is 0.255 e. The van der Waals surface area contributed by atoms with Gasteiger partial charge in [0.1, 0.15) is 22.8 Å². The number of likely N-dealkylation sites (N-methyl/N-ethyl adjacent to an activating group) is 1. The molecule has 0 radical (unpaired) electrons. The van der Waals surface area contributed by atoms with Crippen LogP contribution in [-0.2, 0) is 25.6 Å². The van der Waals surface area contributed by atoms with E-state index < -0.39 is 63.8 Å². The minimum absolute atomic E-state index is 0.00476. The van der Waals surface area contributed by atoms with Crippen molar-refractivity contribution in [3.8, 4) is 5.75 Å². The molecule has 1 heterocycles. The second kappa shape index (κ2) is 10.0. The van der Waals surface area contributed by atoms with E-state index in [2.05, 4.69) is 10.2 Å². The lowest BCUT2D eigenvalue weighted by molar-refractivity contribution is -0.153. The lowest BCUT2D eigenvalue weighted by atomic mass is 9.57. The number of Topliss-reactive ketones (excluding diaryl/α,β-unsaturated/α-hetero) is 2. The molecule has 0 unspecified atom stereocenters. The number of carbonyl (C=O) groups is 4. The van der Waals surface area contributed by atoms with Crippen molar-refractivity contribution >= 4 is 40.5 Å². The number of amides is 2. The fraction of sp³-hybridized carbons (Fsp3) is 0.548. The minimum atomic E-state index is -2.72. The van der Waals surface area contributed by atoms with E-state index in [0.29, 0.717) is 16.7 Å². The second-order valence-corrected chi connectivity index (χ2v) is 13.5. The largest absolute Gasteiger partial charge is 0.508 e. The predicted molar refractivity (Wildman–Crippen MR) is 160 cm³/mol. The Morgan fingerprint density at radius 2 is 1.77 bits per heavy atom. The van der Waals surface area contributed by atoms with Gasteiger partial charge in [0.05, 0.1) is 23.8 Å². The van der Waals surface area contributed by atoms with Gasteiger partial charge in [0.25, 0.3) is 5.91 Å². The monoisotopic (exact) mass is 609 g/mol. The van der Waals surface area contributed by atoms with Gasteiger partial charge in [-0.3, -0.25) is 29.0 Å². The molecule has 13 nitrogen and oxygen atoms in total. The van der Waals surface area contributed by atoms with Gasteiger partial charge in [-0.05, 0) is 62.7 Å². The molecule has 4 atom stereocenters. The Hall–Kier alpha value is -3.94. The molecule has 2 amide bonds. The number of nitrogens with zero attached hydrogens (tertiary/aromatic N) is 3. The van der Waals surface area contributed by atoms with Gasteiger partial charge in [0.15, 0.2) is 11.4 Å². The summed E-state index contributed by atoms with van der Waals surface area (Å²) in [6.07, 6.45) is 3.72. The van der Waals surface area contributed by atoms with Gasteiger partial charge >= 0.3 is 0 Å². The molecule has 0 aromatic heterocycles. The van der Waals surface area contributed by atoms with Crippen molar-refractivity contribution in [3.63, 3.8) is 0 Å². The quantitative estimate of drug-likeness (QED) is 0.194. The summed E-state index contributed by atoms with van der Waals surface area (Å²) in [5.74, 6) is -7.53. The molecule has 7 N–H and O–H groups in total. The molecule has 4 aliphatic carbocycles. The summed E-state index contributed by atoms with van der Waals surface area (Å²) in [6, 6.07) is 0.465. The van der Waals surface area contributed by atoms with Crippen LogP contribution in [0.15, 0.2) is 23.0 Å². The summed E-state index contributed by atoms with van der Waals surface area (Å²) >= 11 is 0. The standard InChI is InChI=1S/C31H39N5O8/c1-34(2)18-10-17(33-19(37)11-36-12-30(13-36)6-5-7-30)24(38)21-15(18)8-14-9-16-23(35(3)4)26(40)22(29(32)43)28(42)31(16,44)27(41)20(14)25(21)39/h10,14,16,23,38-39,42,44H,5-9,11-13H2,1-4H3,(H2,32,43)(H,33,37)/t14-,16-,23-,31-/m0/s1. The Bertz CT molecular complexity index is 1570. The molecule has 2 saturated carbocycles. The summed E-state index contributed by atoms with van der Waals surface area (Å²) < 4.78 is 0. The molecule has 1 spiro atoms. The van der Waals surface area contributed by atoms with E-state index >= 15 is 0 Å². The van der Waals surface area contributed by atoms with Gasteiger partial charge in [0.2, 0.25) is 11.7 Å². The molecular formula is C31H39N5O8. The zero-order valence-electron chi connectivity index (χ0n) is 25.3. The van der Waals surface area contributed by atoms with E-state index in [1.807, 2.05) is 0 Å². The zero-order valence-corrected chi connectivity index (χ0v) is 25.3. The molecule has 0 bridgehead atoms. The Morgan fingerprint density at radius 3 is 2.32 bits per heavy atom. The van der Waals surface area contributed by atoms with E-state index in [4.69, 9.17) is 5.73 Å². The summed E-state index contributed by atoms with van der Waals surface area (Å²) in [5, 5.41) is 48.6. The van der Waals surface area contributed by atoms with Crippen LogP contribution < -0.4 is 16.0 Å². The summed E-state index contributed by atoms with van der Waals surface area (Å²) in [7, 11) is 6.65. The third kappa shape index (κ3) is 4.16. The maximum absolute atomic E-state index is 14.1. The highest BCUT2D eigenvalue weighted by Crippen LogP contribution is 2.55. The van der Waals surface area contributed by atoms with Crippen molar-refractivity contribution in [1.82, 2.24) is 9.80 Å². The normalized spacial score (nSPS) is 29.1. The topological polar surface area (TPSA) is 197 Å². The Kier molecular flexibility index (Phi) is 6.87. The molecule has 1 aliphatic heterocycles. The van der Waals surface area contributed by atoms with Crippen molar-refractivity contribution < 1.29 is 39.6 Å². The van der Waals surface area contributed by atoms with Gasteiger partial charge < -0.3 is 36.4 Å². The van der Waals surface area contributed by atoms with Crippen molar-refractivity contribution in [1.29, 1.82) is 0 Å². The number of hydrogen-bond acceptors (Lipinski definition) is 11. The Labute approximate surface area is 254 Å². The molecule has 1 aromatic carbocycles. The summed E-state index contributed by atoms with van der Waals surface area (Å²) in [4.78, 5) is 57.9. The third-order valence-electron chi connectivity index (χ3n) is 10.4. The highest BCUT2D eigenvalue weighted by molar-refractivity contribution is 6.24. The summed E-state index contributed by atoms with van der Waals surface area (Å²) in [5.41, 5.74) is 3.01. The van der Waals surface area contributed by atoms with Crippen molar-refractivity contribution in [3.05, 3.63) is 34.1 Å². The SMILES string of the molecule is CN(C)c1cc(NC(=O)CN2CC3(CCC3)C2)c(O)c2c1C[C@H]1C[C@H]3[C@H](N(C)C)C(=O)C(C(N)=O)=C(O)[C@@]3(O)C(=O)C1=C2O. The average molecular weight is 610 g/mol. The number of aromatic hydroxyl groups is 1. The first-order valence-corrected chi connectivity index (χ1v) is 14.8. The van der Waals surface area contributed by atoms with E-state index in [0.717, 1.165) is 13.1 Å². The molecule has 44 heavy (non-hydrogen) atoms. The first-order valence-electron chi connectivity index (χ1n) is 14.8. The third-order valence-corrected chi connectivity index (χ3v) is 10.4. The van der Waals surface area contributed by atoms with Crippen LogP contribution in [-0.4, -0.2) is 113 Å². The number of rotatable bonds is 6. The Balaban J connectivity index is 1.41. The number of aliphatic hydroxyl groups excluding tert-OH is 2. The highest BCUT2D eigenvalue weighted by Gasteiger charge is 2.64. The number of fused-ring (bicyclic) bond motifs is 3. The van der Waals surface area contributed by atoms with E-state index in [-0.39, 0.29) is 42.1 Å². The number of aliphatic hydroxyl groups is 3. The fourth-order valence-electron chi connectivity index (χ4n) is 8.19. The van der Waals surface area contributed by atoms with Crippen LogP contribution in [0, 0.1) is 17.3 Å². The van der Waals surface area contributed by atoms with Crippen LogP contribution in [0.5, 0.6) is 5.75 Å². The van der Waals surface area contributed by atoms with Gasteiger partial charge in [-0.1, -0.05) is 6.42 Å². The molecule has 3 fully saturated rings. The van der Waals surface area contributed by atoms with Crippen LogP contribution in [0.25, 0.3) is 5.76 Å². The van der Waals surface area contributed by atoms with E-state index in [1.54, 1.807) is 39.2 Å². The van der Waals surface area contributed by atoms with Crippen LogP contribution in [0.4, 0.5) is 11.4 Å². The van der Waals surface area contributed by atoms with Gasteiger partial charge in [0, 0.05) is 44.4 Å². The number of nitrogens with one attached hydrogen (secondary N) is 1. The van der Waals surface area contributed by atoms with Crippen LogP contribution >= 0.6 is 0 Å². The number of hydrogen-bond donors (Lipinski definition) is 6. The van der Waals surface area contributed by atoms with Crippen LogP contribution in [0.2, 0.25) is 0 Å². The molecule has 13 heteroatoms. The maximum Gasteiger partial charge on any atom is 0.255 e. The Morgan fingerprint density at radius 1 is 1.11 bits per heavy atom. The average Bonchev–Trinajstić information content (AvgIpc) is 2.87. The number of phenols is 1. The summed E-state index contributed by atoms with van der Waals surface area (Å²) in [6.45, 7) is 1.87. The number of nitrogens with two attached hydrogens (primary N) is 1. The van der Waals surface area contributed by atoms with Crippen LogP contribution in [0.1, 0.15) is 36.8 Å². The number of ketones is 2. The first kappa shape index (κ1) is 30.1. The molecule has 5 aliphatic rings. The number of primary amides is 1. The molecular weight excluding hydrogens is 570 g/mol. The molecule has 1 aromatic rings. The van der Waals surface area contributed by atoms with Gasteiger partial charge in [-0.25, -0.2) is 0 Å².